The third-order valence-corrected chi connectivity index (χ3v) is 4.67. The number of benzene rings is 1. The Morgan fingerprint density at radius 1 is 1.30 bits per heavy atom. The number of carbonyl (C=O) groups excluding carboxylic acids is 2. The van der Waals surface area contributed by atoms with Gasteiger partial charge in [-0.2, -0.15) is 0 Å². The van der Waals surface area contributed by atoms with E-state index in [1.807, 2.05) is 36.1 Å². The maximum Gasteiger partial charge on any atom is 0.229 e. The van der Waals surface area contributed by atoms with Gasteiger partial charge >= 0.3 is 0 Å². The summed E-state index contributed by atoms with van der Waals surface area (Å²) in [4.78, 5) is 26.3. The fourth-order valence-electron chi connectivity index (χ4n) is 2.85. The predicted molar refractivity (Wildman–Crippen MR) is 93.3 cm³/mol. The molecular weight excluding hydrogens is 288 g/mol. The summed E-state index contributed by atoms with van der Waals surface area (Å²) >= 11 is 0. The monoisotopic (exact) mass is 316 g/mol. The summed E-state index contributed by atoms with van der Waals surface area (Å²) in [6, 6.07) is 8.15. The SMILES string of the molecule is CCC(C)N1CC(C(=O)Nc2ccc(C(C)(C)C)cc2)CC1=O. The summed E-state index contributed by atoms with van der Waals surface area (Å²) in [5.41, 5.74) is 2.11. The van der Waals surface area contributed by atoms with E-state index < -0.39 is 0 Å². The van der Waals surface area contributed by atoms with E-state index in [1.165, 1.54) is 5.56 Å². The van der Waals surface area contributed by atoms with Gasteiger partial charge in [0.05, 0.1) is 5.92 Å². The van der Waals surface area contributed by atoms with E-state index in [0.29, 0.717) is 13.0 Å². The molecule has 1 saturated heterocycles. The third kappa shape index (κ3) is 4.12. The topological polar surface area (TPSA) is 49.4 Å². The maximum absolute atomic E-state index is 12.4. The first-order chi connectivity index (χ1) is 10.7. The van der Waals surface area contributed by atoms with Gasteiger partial charge in [-0.05, 0) is 36.5 Å². The lowest BCUT2D eigenvalue weighted by Gasteiger charge is -2.23. The summed E-state index contributed by atoms with van der Waals surface area (Å²) in [6.07, 6.45) is 1.23. The molecule has 1 aromatic carbocycles. The highest BCUT2D eigenvalue weighted by atomic mass is 16.2. The van der Waals surface area contributed by atoms with Crippen LogP contribution in [0.25, 0.3) is 0 Å². The molecule has 0 bridgehead atoms. The van der Waals surface area contributed by atoms with Crippen molar-refractivity contribution in [2.75, 3.05) is 11.9 Å². The fourth-order valence-corrected chi connectivity index (χ4v) is 2.85. The highest BCUT2D eigenvalue weighted by molar-refractivity contribution is 5.97. The molecule has 1 aliphatic heterocycles. The van der Waals surface area contributed by atoms with E-state index >= 15 is 0 Å². The minimum absolute atomic E-state index is 0.0624. The predicted octanol–water partition coefficient (Wildman–Crippen LogP) is 3.57. The summed E-state index contributed by atoms with van der Waals surface area (Å²) in [6.45, 7) is 11.1. The first-order valence-electron chi connectivity index (χ1n) is 8.43. The van der Waals surface area contributed by atoms with Gasteiger partial charge in [0, 0.05) is 24.7 Å². The zero-order chi connectivity index (χ0) is 17.2. The highest BCUT2D eigenvalue weighted by Crippen LogP contribution is 2.25. The second-order valence-electron chi connectivity index (χ2n) is 7.52. The van der Waals surface area contributed by atoms with Crippen LogP contribution >= 0.6 is 0 Å². The van der Waals surface area contributed by atoms with Crippen molar-refractivity contribution in [3.8, 4) is 0 Å². The van der Waals surface area contributed by atoms with Crippen LogP contribution < -0.4 is 5.32 Å². The highest BCUT2D eigenvalue weighted by Gasteiger charge is 2.36. The molecule has 1 aliphatic rings. The van der Waals surface area contributed by atoms with Crippen LogP contribution in [0.15, 0.2) is 24.3 Å². The van der Waals surface area contributed by atoms with Crippen molar-refractivity contribution in [3.05, 3.63) is 29.8 Å². The zero-order valence-corrected chi connectivity index (χ0v) is 14.8. The summed E-state index contributed by atoms with van der Waals surface area (Å²) in [5, 5.41) is 2.94. The largest absolute Gasteiger partial charge is 0.339 e. The quantitative estimate of drug-likeness (QED) is 0.923. The Kier molecular flexibility index (Phi) is 5.12. The molecule has 126 valence electrons. The van der Waals surface area contributed by atoms with Gasteiger partial charge in [-0.3, -0.25) is 9.59 Å². The number of hydrogen-bond acceptors (Lipinski definition) is 2. The number of amides is 2. The molecule has 0 aliphatic carbocycles. The number of nitrogens with one attached hydrogen (secondary N) is 1. The van der Waals surface area contributed by atoms with E-state index in [-0.39, 0.29) is 29.2 Å². The smallest absolute Gasteiger partial charge is 0.229 e. The molecule has 23 heavy (non-hydrogen) atoms. The second kappa shape index (κ2) is 6.73. The van der Waals surface area contributed by atoms with Gasteiger partial charge < -0.3 is 10.2 Å². The number of carbonyl (C=O) groups is 2. The van der Waals surface area contributed by atoms with Gasteiger partial charge in [0.25, 0.3) is 0 Å². The number of hydrogen-bond donors (Lipinski definition) is 1. The second-order valence-corrected chi connectivity index (χ2v) is 7.52. The van der Waals surface area contributed by atoms with Crippen molar-refractivity contribution in [2.45, 2.75) is 58.9 Å². The van der Waals surface area contributed by atoms with Gasteiger partial charge in [0.2, 0.25) is 11.8 Å². The minimum Gasteiger partial charge on any atom is -0.339 e. The summed E-state index contributed by atoms with van der Waals surface area (Å²) in [7, 11) is 0. The van der Waals surface area contributed by atoms with Crippen LogP contribution in [0.4, 0.5) is 5.69 Å². The van der Waals surface area contributed by atoms with Crippen molar-refractivity contribution < 1.29 is 9.59 Å². The van der Waals surface area contributed by atoms with Crippen molar-refractivity contribution in [1.82, 2.24) is 4.90 Å². The summed E-state index contributed by atoms with van der Waals surface area (Å²) in [5.74, 6) is -0.228. The Balaban J connectivity index is 1.99. The van der Waals surface area contributed by atoms with E-state index in [1.54, 1.807) is 0 Å². The Hall–Kier alpha value is -1.84. The Morgan fingerprint density at radius 3 is 2.43 bits per heavy atom. The number of likely N-dealkylation sites (tertiary alicyclic amines) is 1. The number of rotatable bonds is 4. The van der Waals surface area contributed by atoms with Gasteiger partial charge in [0.1, 0.15) is 0 Å². The van der Waals surface area contributed by atoms with E-state index in [9.17, 15) is 9.59 Å². The lowest BCUT2D eigenvalue weighted by atomic mass is 9.87. The average molecular weight is 316 g/mol. The van der Waals surface area contributed by atoms with Crippen LogP contribution in [-0.4, -0.2) is 29.3 Å². The van der Waals surface area contributed by atoms with Crippen molar-refractivity contribution in [3.63, 3.8) is 0 Å². The Morgan fingerprint density at radius 2 is 1.91 bits per heavy atom. The first-order valence-corrected chi connectivity index (χ1v) is 8.43. The molecule has 4 heteroatoms. The first kappa shape index (κ1) is 17.5. The molecule has 2 rings (SSSR count). The van der Waals surface area contributed by atoms with Crippen molar-refractivity contribution >= 4 is 17.5 Å². The number of anilines is 1. The normalized spacial score (nSPS) is 19.8. The van der Waals surface area contributed by atoms with Crippen LogP contribution in [-0.2, 0) is 15.0 Å². The molecule has 2 atom stereocenters. The number of nitrogens with zero attached hydrogens (tertiary/aromatic N) is 1. The van der Waals surface area contributed by atoms with Crippen LogP contribution in [0.3, 0.4) is 0 Å². The standard InChI is InChI=1S/C19H28N2O2/c1-6-13(2)21-12-14(11-17(21)22)18(23)20-16-9-7-15(8-10-16)19(3,4)5/h7-10,13-14H,6,11-12H2,1-5H3,(H,20,23). The van der Waals surface area contributed by atoms with Crippen LogP contribution in [0.2, 0.25) is 0 Å². The lowest BCUT2D eigenvalue weighted by molar-refractivity contribution is -0.129. The molecule has 0 radical (unpaired) electrons. The van der Waals surface area contributed by atoms with Crippen molar-refractivity contribution in [2.24, 2.45) is 5.92 Å². The molecule has 0 spiro atoms. The van der Waals surface area contributed by atoms with Crippen LogP contribution in [0.1, 0.15) is 53.0 Å². The molecular formula is C19H28N2O2. The molecule has 0 aromatic heterocycles. The minimum atomic E-state index is -0.251. The van der Waals surface area contributed by atoms with Gasteiger partial charge in [-0.1, -0.05) is 39.8 Å². The van der Waals surface area contributed by atoms with Crippen LogP contribution in [0.5, 0.6) is 0 Å². The third-order valence-electron chi connectivity index (χ3n) is 4.67. The lowest BCUT2D eigenvalue weighted by Crippen LogP contribution is -2.35. The van der Waals surface area contributed by atoms with E-state index in [0.717, 1.165) is 12.1 Å². The van der Waals surface area contributed by atoms with E-state index in [4.69, 9.17) is 0 Å². The van der Waals surface area contributed by atoms with Gasteiger partial charge in [-0.15, -0.1) is 0 Å². The average Bonchev–Trinajstić information content (AvgIpc) is 2.88. The molecule has 0 saturated carbocycles. The van der Waals surface area contributed by atoms with Crippen LogP contribution in [0, 0.1) is 5.92 Å². The van der Waals surface area contributed by atoms with Crippen molar-refractivity contribution in [1.29, 1.82) is 0 Å². The Labute approximate surface area is 139 Å². The van der Waals surface area contributed by atoms with E-state index in [2.05, 4.69) is 33.0 Å². The fraction of sp³-hybridized carbons (Fsp3) is 0.579. The molecule has 1 fully saturated rings. The molecule has 1 aromatic rings. The molecule has 2 amide bonds. The zero-order valence-electron chi connectivity index (χ0n) is 14.8. The van der Waals surface area contributed by atoms with Gasteiger partial charge in [-0.25, -0.2) is 0 Å². The van der Waals surface area contributed by atoms with Gasteiger partial charge in [0.15, 0.2) is 0 Å². The summed E-state index contributed by atoms with van der Waals surface area (Å²) < 4.78 is 0. The molecule has 1 N–H and O–H groups in total. The molecule has 1 heterocycles. The Bertz CT molecular complexity index is 572. The molecule has 4 nitrogen and oxygen atoms in total. The molecule has 2 unspecified atom stereocenters. The maximum atomic E-state index is 12.4.